The van der Waals surface area contributed by atoms with Crippen LogP contribution < -0.4 is 0 Å². The molecule has 1 aromatic rings. The Morgan fingerprint density at radius 3 is 1.00 bits per heavy atom. The molecule has 0 spiro atoms. The Bertz CT molecular complexity index is 1020. The number of hydrogen-bond donors (Lipinski definition) is 2. The van der Waals surface area contributed by atoms with E-state index < -0.39 is 35.8 Å². The topological polar surface area (TPSA) is 217 Å². The molecule has 242 valence electrons. The van der Waals surface area contributed by atoms with Crippen LogP contribution in [-0.4, -0.2) is 125 Å². The van der Waals surface area contributed by atoms with Crippen molar-refractivity contribution >= 4 is 35.8 Å². The summed E-state index contributed by atoms with van der Waals surface area (Å²) in [6, 6.07) is 5.69. The van der Waals surface area contributed by atoms with Crippen LogP contribution in [0.4, 0.5) is 0 Å². The van der Waals surface area contributed by atoms with Gasteiger partial charge in [-0.1, -0.05) is 0 Å². The van der Waals surface area contributed by atoms with Gasteiger partial charge in [-0.3, -0.25) is 0 Å². The fraction of sp³-hybridized carbons (Fsp3) is 0.429. The van der Waals surface area contributed by atoms with E-state index in [4.69, 9.17) is 48.1 Å². The van der Waals surface area contributed by atoms with Crippen molar-refractivity contribution in [3.63, 3.8) is 0 Å². The van der Waals surface area contributed by atoms with Crippen LogP contribution in [0.5, 0.6) is 0 Å². The van der Waals surface area contributed by atoms with Gasteiger partial charge in [0.05, 0.1) is 64.0 Å². The van der Waals surface area contributed by atoms with E-state index >= 15 is 0 Å². The molecule has 0 bridgehead atoms. The van der Waals surface area contributed by atoms with Crippen molar-refractivity contribution < 1.29 is 76.9 Å². The average molecular weight is 627 g/mol. The van der Waals surface area contributed by atoms with Crippen LogP contribution in [0, 0.1) is 0 Å². The lowest BCUT2D eigenvalue weighted by molar-refractivity contribution is -0.140. The lowest BCUT2D eigenvalue weighted by Crippen LogP contribution is -2.15. The largest absolute Gasteiger partial charge is 0.478 e. The number of carbonyl (C=O) groups excluding carboxylic acids is 4. The standard InChI is InChI=1S/C28H34O16/c29-23(30)5-7-25(33)41-17-13-37-9-11-39-15-19-43-27(35)21-1-2-22(4-3-21)28(36)44-20-16-40-12-10-38-14-18-42-26(34)8-6-24(31)32/h1-8H,9-20H2,(H,29,30)(H,31,32)/b7-5-,8-6-. The molecule has 0 aliphatic rings. The summed E-state index contributed by atoms with van der Waals surface area (Å²) in [5.74, 6) is -5.31. The number of carboxylic acid groups (broad SMARTS) is 2. The maximum atomic E-state index is 12.1. The SMILES string of the molecule is O=C(O)/C=C\C(=O)OCCOCCOCCOC(=O)c1ccc(C(=O)OCCOCCOCCOC(=O)/C=C\C(=O)O)cc1. The van der Waals surface area contributed by atoms with E-state index in [0.29, 0.717) is 12.2 Å². The highest BCUT2D eigenvalue weighted by Crippen LogP contribution is 2.08. The first-order valence-electron chi connectivity index (χ1n) is 13.1. The van der Waals surface area contributed by atoms with Crippen molar-refractivity contribution in [3.05, 3.63) is 59.7 Å². The molecule has 2 N–H and O–H groups in total. The van der Waals surface area contributed by atoms with Gasteiger partial charge in [-0.15, -0.1) is 0 Å². The molecule has 0 saturated carbocycles. The zero-order valence-electron chi connectivity index (χ0n) is 23.7. The molecule has 0 heterocycles. The van der Waals surface area contributed by atoms with Gasteiger partial charge in [0.2, 0.25) is 0 Å². The van der Waals surface area contributed by atoms with Crippen molar-refractivity contribution in [2.75, 3.05) is 79.3 Å². The molecule has 0 aromatic heterocycles. The molecule has 0 aliphatic carbocycles. The Kier molecular flexibility index (Phi) is 20.3. The zero-order chi connectivity index (χ0) is 32.4. The second-order valence-corrected chi connectivity index (χ2v) is 7.98. The summed E-state index contributed by atoms with van der Waals surface area (Å²) < 4.78 is 40.5. The Morgan fingerprint density at radius 1 is 0.432 bits per heavy atom. The third-order valence-electron chi connectivity index (χ3n) is 4.69. The highest BCUT2D eigenvalue weighted by molar-refractivity contribution is 5.93. The van der Waals surface area contributed by atoms with Crippen LogP contribution in [0.25, 0.3) is 0 Å². The Labute approximate surface area is 252 Å². The molecule has 0 unspecified atom stereocenters. The Hall–Kier alpha value is -4.64. The molecular formula is C28H34O16. The molecule has 0 atom stereocenters. The minimum Gasteiger partial charge on any atom is -0.478 e. The summed E-state index contributed by atoms with van der Waals surface area (Å²) in [6.07, 6.45) is 2.92. The highest BCUT2D eigenvalue weighted by atomic mass is 16.6. The fourth-order valence-corrected chi connectivity index (χ4v) is 2.72. The quantitative estimate of drug-likeness (QED) is 0.0688. The number of aliphatic carboxylic acids is 2. The lowest BCUT2D eigenvalue weighted by atomic mass is 10.1. The van der Waals surface area contributed by atoms with Crippen LogP contribution >= 0.6 is 0 Å². The molecule has 16 nitrogen and oxygen atoms in total. The molecule has 1 rings (SSSR count). The van der Waals surface area contributed by atoms with Gasteiger partial charge >= 0.3 is 35.8 Å². The summed E-state index contributed by atoms with van der Waals surface area (Å²) in [6.45, 7) is 1.11. The monoisotopic (exact) mass is 626 g/mol. The smallest absolute Gasteiger partial charge is 0.338 e. The predicted molar refractivity (Wildman–Crippen MR) is 146 cm³/mol. The molecule has 44 heavy (non-hydrogen) atoms. The second-order valence-electron chi connectivity index (χ2n) is 7.98. The van der Waals surface area contributed by atoms with Gasteiger partial charge in [-0.25, -0.2) is 28.8 Å². The number of rotatable bonds is 24. The fourth-order valence-electron chi connectivity index (χ4n) is 2.72. The number of esters is 4. The predicted octanol–water partition coefficient (Wildman–Crippen LogP) is 0.435. The van der Waals surface area contributed by atoms with Crippen molar-refractivity contribution in [2.45, 2.75) is 0 Å². The first kappa shape index (κ1) is 37.4. The zero-order valence-corrected chi connectivity index (χ0v) is 23.7. The van der Waals surface area contributed by atoms with Gasteiger partial charge in [0.25, 0.3) is 0 Å². The van der Waals surface area contributed by atoms with Crippen LogP contribution in [0.2, 0.25) is 0 Å². The van der Waals surface area contributed by atoms with Crippen molar-refractivity contribution in [1.29, 1.82) is 0 Å². The molecule has 0 aliphatic heterocycles. The van der Waals surface area contributed by atoms with E-state index in [-0.39, 0.29) is 90.4 Å². The molecule has 0 saturated heterocycles. The molecule has 16 heteroatoms. The Morgan fingerprint density at radius 2 is 0.705 bits per heavy atom. The first-order valence-corrected chi connectivity index (χ1v) is 13.1. The van der Waals surface area contributed by atoms with E-state index in [0.717, 1.165) is 12.2 Å². The average Bonchev–Trinajstić information content (AvgIpc) is 3.00. The van der Waals surface area contributed by atoms with Gasteiger partial charge in [-0.2, -0.15) is 0 Å². The minimum atomic E-state index is -1.26. The van der Waals surface area contributed by atoms with Gasteiger partial charge in [0.15, 0.2) is 0 Å². The Balaban J connectivity index is 2.05. The maximum absolute atomic E-state index is 12.1. The third-order valence-corrected chi connectivity index (χ3v) is 4.69. The summed E-state index contributed by atoms with van der Waals surface area (Å²) in [5.41, 5.74) is 0.458. The van der Waals surface area contributed by atoms with Crippen molar-refractivity contribution in [3.8, 4) is 0 Å². The molecule has 0 radical (unpaired) electrons. The second kappa shape index (κ2) is 23.9. The minimum absolute atomic E-state index is 0.0131. The number of benzene rings is 1. The first-order chi connectivity index (χ1) is 21.2. The number of carbonyl (C=O) groups is 6. The summed E-state index contributed by atoms with van der Waals surface area (Å²) >= 11 is 0. The molecule has 0 amide bonds. The van der Waals surface area contributed by atoms with Gasteiger partial charge < -0.3 is 48.1 Å². The van der Waals surface area contributed by atoms with Crippen molar-refractivity contribution in [1.82, 2.24) is 0 Å². The van der Waals surface area contributed by atoms with Crippen LogP contribution in [0.15, 0.2) is 48.6 Å². The van der Waals surface area contributed by atoms with E-state index in [1.165, 1.54) is 24.3 Å². The molecule has 0 fully saturated rings. The molecule has 1 aromatic carbocycles. The van der Waals surface area contributed by atoms with Gasteiger partial charge in [0.1, 0.15) is 26.4 Å². The van der Waals surface area contributed by atoms with E-state index in [1.807, 2.05) is 0 Å². The normalized spacial score (nSPS) is 10.9. The summed E-state index contributed by atoms with van der Waals surface area (Å²) in [7, 11) is 0. The third kappa shape index (κ3) is 20.3. The van der Waals surface area contributed by atoms with Crippen LogP contribution in [0.1, 0.15) is 20.7 Å². The summed E-state index contributed by atoms with van der Waals surface area (Å²) in [5, 5.41) is 16.8. The highest BCUT2D eigenvalue weighted by Gasteiger charge is 2.11. The lowest BCUT2D eigenvalue weighted by Gasteiger charge is -2.08. The van der Waals surface area contributed by atoms with E-state index in [9.17, 15) is 28.8 Å². The van der Waals surface area contributed by atoms with Gasteiger partial charge in [0, 0.05) is 24.3 Å². The molecular weight excluding hydrogens is 592 g/mol. The van der Waals surface area contributed by atoms with E-state index in [1.54, 1.807) is 0 Å². The summed E-state index contributed by atoms with van der Waals surface area (Å²) in [4.78, 5) is 67.1. The van der Waals surface area contributed by atoms with Crippen molar-refractivity contribution in [2.24, 2.45) is 0 Å². The van der Waals surface area contributed by atoms with E-state index in [2.05, 4.69) is 0 Å². The van der Waals surface area contributed by atoms with Crippen LogP contribution in [0.3, 0.4) is 0 Å². The maximum Gasteiger partial charge on any atom is 0.338 e. The number of hydrogen-bond acceptors (Lipinski definition) is 14. The van der Waals surface area contributed by atoms with Gasteiger partial charge in [-0.05, 0) is 24.3 Å². The number of carboxylic acids is 2. The van der Waals surface area contributed by atoms with Crippen LogP contribution in [-0.2, 0) is 57.1 Å². The number of ether oxygens (including phenoxy) is 8.